The molecule has 0 radical (unpaired) electrons. The number of likely N-dealkylation sites (N-methyl/N-ethyl adjacent to an activating group) is 2. The van der Waals surface area contributed by atoms with Gasteiger partial charge in [-0.05, 0) is 35.4 Å². The number of Topliss-reactive ketones (excluding diaryl/α,β-unsaturated/α-hetero) is 4. The summed E-state index contributed by atoms with van der Waals surface area (Å²) in [5, 5.41) is 0. The van der Waals surface area contributed by atoms with E-state index in [1.807, 2.05) is 0 Å². The molecule has 0 heterocycles. The second kappa shape index (κ2) is 15.8. The summed E-state index contributed by atoms with van der Waals surface area (Å²) in [4.78, 5) is 74.9. The van der Waals surface area contributed by atoms with Crippen molar-refractivity contribution < 1.29 is 28.8 Å². The van der Waals surface area contributed by atoms with Crippen LogP contribution in [0.3, 0.4) is 0 Å². The predicted octanol–water partition coefficient (Wildman–Crippen LogP) is 1.37. The van der Waals surface area contributed by atoms with E-state index in [4.69, 9.17) is 11.5 Å². The minimum atomic E-state index is -1.25. The topological polar surface area (TPSA) is 161 Å². The van der Waals surface area contributed by atoms with Gasteiger partial charge in [-0.25, -0.2) is 0 Å². The van der Waals surface area contributed by atoms with Crippen molar-refractivity contribution in [2.24, 2.45) is 0 Å². The number of rotatable bonds is 10. The number of nitrogen functional groups attached to an aromatic ring is 2. The van der Waals surface area contributed by atoms with Gasteiger partial charge in [-0.1, -0.05) is 36.1 Å². The Morgan fingerprint density at radius 1 is 0.658 bits per heavy atom. The predicted molar refractivity (Wildman–Crippen MR) is 146 cm³/mol. The van der Waals surface area contributed by atoms with Gasteiger partial charge in [0.1, 0.15) is 0 Å². The highest BCUT2D eigenvalue weighted by Crippen LogP contribution is 2.10. The molecule has 0 aliphatic heterocycles. The van der Waals surface area contributed by atoms with Gasteiger partial charge in [-0.3, -0.25) is 28.8 Å². The van der Waals surface area contributed by atoms with Crippen molar-refractivity contribution in [1.82, 2.24) is 9.80 Å². The van der Waals surface area contributed by atoms with Crippen molar-refractivity contribution >= 4 is 71.1 Å². The average molecular weight is 563 g/mol. The maximum atomic E-state index is 12.2. The van der Waals surface area contributed by atoms with Crippen LogP contribution in [0, 0.1) is 11.8 Å². The van der Waals surface area contributed by atoms with Crippen LogP contribution in [0.5, 0.6) is 0 Å². The third-order valence-electron chi connectivity index (χ3n) is 4.95. The molecule has 0 aliphatic rings. The molecule has 12 heteroatoms. The number of nitrogens with two attached hydrogens (primary N) is 2. The number of amides is 2. The van der Waals surface area contributed by atoms with Crippen LogP contribution >= 0.6 is 24.8 Å². The molecule has 4 N–H and O–H groups in total. The van der Waals surface area contributed by atoms with Gasteiger partial charge in [0.25, 0.3) is 23.4 Å². The maximum Gasteiger partial charge on any atom is 0.298 e. The minimum Gasteiger partial charge on any atom is -0.399 e. The lowest BCUT2D eigenvalue weighted by Gasteiger charge is -2.16. The third-order valence-corrected chi connectivity index (χ3v) is 4.95. The van der Waals surface area contributed by atoms with Gasteiger partial charge in [0.2, 0.25) is 11.6 Å². The van der Waals surface area contributed by atoms with E-state index >= 15 is 0 Å². The summed E-state index contributed by atoms with van der Waals surface area (Å²) >= 11 is 0. The lowest BCUT2D eigenvalue weighted by atomic mass is 10.1. The molecular weight excluding hydrogens is 535 g/mol. The average Bonchev–Trinajstić information content (AvgIpc) is 2.84. The lowest BCUT2D eigenvalue weighted by molar-refractivity contribution is -0.149. The Bertz CT molecular complexity index is 1190. The second-order valence-corrected chi connectivity index (χ2v) is 8.02. The third kappa shape index (κ3) is 10.0. The number of anilines is 2. The molecule has 10 nitrogen and oxygen atoms in total. The van der Waals surface area contributed by atoms with Gasteiger partial charge >= 0.3 is 0 Å². The van der Waals surface area contributed by atoms with Crippen LogP contribution in [0.1, 0.15) is 24.0 Å². The molecule has 0 atom stereocenters. The Balaban J connectivity index is 0.00000684. The Labute approximate surface area is 232 Å². The van der Waals surface area contributed by atoms with Crippen molar-refractivity contribution in [3.63, 3.8) is 0 Å². The molecule has 2 rings (SSSR count). The fourth-order valence-electron chi connectivity index (χ4n) is 3.11. The molecule has 2 amide bonds. The number of nitrogens with zero attached hydrogens (tertiary/aromatic N) is 2. The van der Waals surface area contributed by atoms with E-state index in [0.29, 0.717) is 22.5 Å². The molecule has 2 aromatic carbocycles. The standard InChI is InChI=1S/C26H26N4O6.2ClH/c1-29(15-17-7-5-9-19(27)13-17)25(35)23(33)21(31)11-3-4-12-22(32)24(34)26(36)30(2)16-18-8-6-10-20(28)14-18;;/h5-10,13-14H,11-12,15-16,27-28H2,1-2H3;2*1H. The first-order valence-electron chi connectivity index (χ1n) is 10.8. The summed E-state index contributed by atoms with van der Waals surface area (Å²) in [5.41, 5.74) is 13.7. The number of carbonyl (C=O) groups is 6. The van der Waals surface area contributed by atoms with Gasteiger partial charge in [0.05, 0.1) is 12.8 Å². The fraction of sp³-hybridized carbons (Fsp3) is 0.231. The molecule has 202 valence electrons. The van der Waals surface area contributed by atoms with E-state index in [2.05, 4.69) is 11.8 Å². The van der Waals surface area contributed by atoms with E-state index in [0.717, 1.165) is 9.80 Å². The monoisotopic (exact) mass is 562 g/mol. The van der Waals surface area contributed by atoms with Crippen LogP contribution in [0.25, 0.3) is 0 Å². The first-order valence-corrected chi connectivity index (χ1v) is 10.8. The summed E-state index contributed by atoms with van der Waals surface area (Å²) in [6.45, 7) is 0.149. The molecule has 0 aliphatic carbocycles. The van der Waals surface area contributed by atoms with Gasteiger partial charge in [-0.15, -0.1) is 24.8 Å². The van der Waals surface area contributed by atoms with Crippen LogP contribution in [-0.2, 0) is 41.9 Å². The second-order valence-electron chi connectivity index (χ2n) is 8.02. The number of benzene rings is 2. The molecule has 0 unspecified atom stereocenters. The Morgan fingerprint density at radius 2 is 1.00 bits per heavy atom. The zero-order valence-corrected chi connectivity index (χ0v) is 22.4. The Hall–Kier alpha value is -4.20. The first-order chi connectivity index (χ1) is 17.0. The molecule has 0 spiro atoms. The Morgan fingerprint density at radius 3 is 1.32 bits per heavy atom. The summed E-state index contributed by atoms with van der Waals surface area (Å²) in [6, 6.07) is 13.5. The van der Waals surface area contributed by atoms with Crippen LogP contribution in [-0.4, -0.2) is 58.8 Å². The number of hydrogen-bond acceptors (Lipinski definition) is 8. The fourth-order valence-corrected chi connectivity index (χ4v) is 3.11. The molecular formula is C26H28Cl2N4O6. The quantitative estimate of drug-likeness (QED) is 0.190. The molecule has 0 bridgehead atoms. The van der Waals surface area contributed by atoms with E-state index in [1.54, 1.807) is 48.5 Å². The summed E-state index contributed by atoms with van der Waals surface area (Å²) < 4.78 is 0. The van der Waals surface area contributed by atoms with Gasteiger partial charge in [0, 0.05) is 38.6 Å². The lowest BCUT2D eigenvalue weighted by Crippen LogP contribution is -2.37. The van der Waals surface area contributed by atoms with Gasteiger partial charge < -0.3 is 21.3 Å². The van der Waals surface area contributed by atoms with E-state index < -0.39 is 47.8 Å². The van der Waals surface area contributed by atoms with Gasteiger partial charge in [0.15, 0.2) is 0 Å². The smallest absolute Gasteiger partial charge is 0.298 e. The summed E-state index contributed by atoms with van der Waals surface area (Å²) in [7, 11) is 2.74. The van der Waals surface area contributed by atoms with Crippen LogP contribution < -0.4 is 11.5 Å². The van der Waals surface area contributed by atoms with E-state index in [-0.39, 0.29) is 37.9 Å². The zero-order valence-electron chi connectivity index (χ0n) is 20.8. The molecule has 0 fully saturated rings. The molecule has 0 saturated heterocycles. The van der Waals surface area contributed by atoms with Crippen molar-refractivity contribution in [2.75, 3.05) is 25.6 Å². The Kier molecular flexibility index (Phi) is 14.1. The van der Waals surface area contributed by atoms with Crippen molar-refractivity contribution in [2.45, 2.75) is 25.9 Å². The number of ketones is 4. The number of halogens is 2. The minimum absolute atomic E-state index is 0. The van der Waals surface area contributed by atoms with Crippen LogP contribution in [0.15, 0.2) is 48.5 Å². The maximum absolute atomic E-state index is 12.2. The summed E-state index contributed by atoms with van der Waals surface area (Å²) in [6.07, 6.45) is -1.22. The number of hydrogen-bond donors (Lipinski definition) is 2. The normalized spacial score (nSPS) is 9.42. The molecule has 0 saturated carbocycles. The zero-order chi connectivity index (χ0) is 26.8. The van der Waals surface area contributed by atoms with Crippen molar-refractivity contribution in [3.8, 4) is 11.8 Å². The molecule has 2 aromatic rings. The number of carbonyl (C=O) groups excluding carboxylic acids is 6. The SMILES string of the molecule is CN(Cc1cccc(N)c1)C(=O)C(=O)C(=O)CC#CCC(=O)C(=O)C(=O)N(C)Cc1cccc(N)c1.Cl.Cl. The van der Waals surface area contributed by atoms with Crippen molar-refractivity contribution in [3.05, 3.63) is 59.7 Å². The van der Waals surface area contributed by atoms with E-state index in [9.17, 15) is 28.8 Å². The highest BCUT2D eigenvalue weighted by Gasteiger charge is 2.26. The van der Waals surface area contributed by atoms with E-state index in [1.165, 1.54) is 14.1 Å². The molecule has 38 heavy (non-hydrogen) atoms. The highest BCUT2D eigenvalue weighted by atomic mass is 35.5. The van der Waals surface area contributed by atoms with Crippen LogP contribution in [0.4, 0.5) is 11.4 Å². The van der Waals surface area contributed by atoms with Crippen molar-refractivity contribution in [1.29, 1.82) is 0 Å². The van der Waals surface area contributed by atoms with Crippen LogP contribution in [0.2, 0.25) is 0 Å². The largest absolute Gasteiger partial charge is 0.399 e. The molecule has 0 aromatic heterocycles. The first kappa shape index (κ1) is 33.8. The van der Waals surface area contributed by atoms with Gasteiger partial charge in [-0.2, -0.15) is 0 Å². The summed E-state index contributed by atoms with van der Waals surface area (Å²) in [5.74, 6) is -2.04. The highest BCUT2D eigenvalue weighted by molar-refractivity contribution is 6.64.